The molecule has 0 saturated carbocycles. The first-order chi connectivity index (χ1) is 9.17. The van der Waals surface area contributed by atoms with Crippen molar-refractivity contribution in [2.75, 3.05) is 14.2 Å². The summed E-state index contributed by atoms with van der Waals surface area (Å²) in [5, 5.41) is 0. The molecule has 1 aromatic heterocycles. The van der Waals surface area contributed by atoms with E-state index in [2.05, 4.69) is 4.98 Å². The van der Waals surface area contributed by atoms with Crippen LogP contribution in [-0.2, 0) is 0 Å². The van der Waals surface area contributed by atoms with Gasteiger partial charge in [-0.1, -0.05) is 6.07 Å². The topological polar surface area (TPSA) is 48.4 Å². The Morgan fingerprint density at radius 1 is 1.16 bits per heavy atom. The zero-order valence-corrected chi connectivity index (χ0v) is 11.1. The van der Waals surface area contributed by atoms with Crippen LogP contribution < -0.4 is 9.47 Å². The zero-order chi connectivity index (χ0) is 13.8. The standard InChI is InChI=1S/C15H15NO3/c1-10-7-11(9-16-8-10)14(17)12-5-4-6-13(18-2)15(12)19-3/h4-9H,1-3H3. The highest BCUT2D eigenvalue weighted by atomic mass is 16.5. The minimum Gasteiger partial charge on any atom is -0.493 e. The molecule has 0 radical (unpaired) electrons. The third-order valence-electron chi connectivity index (χ3n) is 2.78. The van der Waals surface area contributed by atoms with Gasteiger partial charge in [0.15, 0.2) is 17.3 Å². The van der Waals surface area contributed by atoms with Gasteiger partial charge in [0.05, 0.1) is 19.8 Å². The Labute approximate surface area is 112 Å². The highest BCUT2D eigenvalue weighted by molar-refractivity contribution is 6.11. The van der Waals surface area contributed by atoms with Crippen molar-refractivity contribution in [3.8, 4) is 11.5 Å². The molecule has 4 heteroatoms. The quantitative estimate of drug-likeness (QED) is 0.790. The first-order valence-electron chi connectivity index (χ1n) is 5.84. The van der Waals surface area contributed by atoms with Crippen molar-refractivity contribution in [3.63, 3.8) is 0 Å². The molecule has 0 spiro atoms. The van der Waals surface area contributed by atoms with Crippen molar-refractivity contribution in [2.24, 2.45) is 0 Å². The molecule has 0 N–H and O–H groups in total. The van der Waals surface area contributed by atoms with E-state index in [1.165, 1.54) is 7.11 Å². The molecule has 0 bridgehead atoms. The molecular weight excluding hydrogens is 242 g/mol. The molecule has 98 valence electrons. The SMILES string of the molecule is COc1cccc(C(=O)c2cncc(C)c2)c1OC. The Balaban J connectivity index is 2.50. The van der Waals surface area contributed by atoms with E-state index in [0.29, 0.717) is 22.6 Å². The molecule has 0 aliphatic rings. The predicted molar refractivity (Wildman–Crippen MR) is 72.0 cm³/mol. The summed E-state index contributed by atoms with van der Waals surface area (Å²) in [7, 11) is 3.06. The van der Waals surface area contributed by atoms with E-state index in [1.807, 2.05) is 6.92 Å². The first-order valence-corrected chi connectivity index (χ1v) is 5.84. The van der Waals surface area contributed by atoms with Crippen LogP contribution in [0.4, 0.5) is 0 Å². The van der Waals surface area contributed by atoms with Crippen LogP contribution >= 0.6 is 0 Å². The number of nitrogens with zero attached hydrogens (tertiary/aromatic N) is 1. The second-order valence-electron chi connectivity index (χ2n) is 4.12. The minimum absolute atomic E-state index is 0.132. The lowest BCUT2D eigenvalue weighted by atomic mass is 10.0. The van der Waals surface area contributed by atoms with Crippen molar-refractivity contribution in [1.29, 1.82) is 0 Å². The number of para-hydroxylation sites is 1. The Hall–Kier alpha value is -2.36. The Morgan fingerprint density at radius 3 is 2.58 bits per heavy atom. The van der Waals surface area contributed by atoms with Crippen molar-refractivity contribution >= 4 is 5.78 Å². The van der Waals surface area contributed by atoms with Gasteiger partial charge in [-0.2, -0.15) is 0 Å². The van der Waals surface area contributed by atoms with Crippen LogP contribution in [0.3, 0.4) is 0 Å². The molecule has 2 aromatic rings. The molecule has 1 heterocycles. The molecule has 0 saturated heterocycles. The number of pyridine rings is 1. The molecule has 4 nitrogen and oxygen atoms in total. The van der Waals surface area contributed by atoms with Gasteiger partial charge >= 0.3 is 0 Å². The first kappa shape index (κ1) is 13.1. The molecule has 0 amide bonds. The Bertz CT molecular complexity index is 608. The molecule has 0 aliphatic heterocycles. The summed E-state index contributed by atoms with van der Waals surface area (Å²) in [4.78, 5) is 16.5. The molecule has 1 aromatic carbocycles. The smallest absolute Gasteiger partial charge is 0.198 e. The van der Waals surface area contributed by atoms with E-state index in [0.717, 1.165) is 5.56 Å². The number of aryl methyl sites for hydroxylation is 1. The number of carbonyl (C=O) groups is 1. The summed E-state index contributed by atoms with van der Waals surface area (Å²) >= 11 is 0. The van der Waals surface area contributed by atoms with Gasteiger partial charge in [-0.3, -0.25) is 9.78 Å². The maximum Gasteiger partial charge on any atom is 0.198 e. The Kier molecular flexibility index (Phi) is 3.80. The third kappa shape index (κ3) is 2.57. The number of benzene rings is 1. The molecular formula is C15H15NO3. The van der Waals surface area contributed by atoms with E-state index in [9.17, 15) is 4.79 Å². The molecule has 0 unspecified atom stereocenters. The number of hydrogen-bond donors (Lipinski definition) is 0. The van der Waals surface area contributed by atoms with Crippen LogP contribution in [0.2, 0.25) is 0 Å². The number of ketones is 1. The number of ether oxygens (including phenoxy) is 2. The highest BCUT2D eigenvalue weighted by Crippen LogP contribution is 2.32. The number of methoxy groups -OCH3 is 2. The van der Waals surface area contributed by atoms with E-state index in [1.54, 1.807) is 43.8 Å². The van der Waals surface area contributed by atoms with Gasteiger partial charge in [-0.05, 0) is 30.7 Å². The van der Waals surface area contributed by atoms with Gasteiger partial charge in [0.2, 0.25) is 0 Å². The van der Waals surface area contributed by atoms with Gasteiger partial charge in [0.25, 0.3) is 0 Å². The number of hydrogen-bond acceptors (Lipinski definition) is 4. The zero-order valence-electron chi connectivity index (χ0n) is 11.1. The lowest BCUT2D eigenvalue weighted by Crippen LogP contribution is -2.05. The van der Waals surface area contributed by atoms with Gasteiger partial charge in [0.1, 0.15) is 0 Å². The number of rotatable bonds is 4. The number of aromatic nitrogens is 1. The summed E-state index contributed by atoms with van der Waals surface area (Å²) in [5.41, 5.74) is 1.94. The molecule has 2 rings (SSSR count). The average Bonchev–Trinajstić information content (AvgIpc) is 2.45. The molecule has 19 heavy (non-hydrogen) atoms. The van der Waals surface area contributed by atoms with Crippen LogP contribution in [0.15, 0.2) is 36.7 Å². The molecule has 0 atom stereocenters. The predicted octanol–water partition coefficient (Wildman–Crippen LogP) is 2.64. The number of carbonyl (C=O) groups excluding carboxylic acids is 1. The van der Waals surface area contributed by atoms with Crippen molar-refractivity contribution in [2.45, 2.75) is 6.92 Å². The summed E-state index contributed by atoms with van der Waals surface area (Å²) in [6.07, 6.45) is 3.26. The fraction of sp³-hybridized carbons (Fsp3) is 0.200. The lowest BCUT2D eigenvalue weighted by Gasteiger charge is -2.11. The second-order valence-corrected chi connectivity index (χ2v) is 4.12. The van der Waals surface area contributed by atoms with Crippen molar-refractivity contribution in [1.82, 2.24) is 4.98 Å². The second kappa shape index (κ2) is 5.52. The molecule has 0 fully saturated rings. The third-order valence-corrected chi connectivity index (χ3v) is 2.78. The average molecular weight is 257 g/mol. The van der Waals surface area contributed by atoms with Crippen molar-refractivity contribution in [3.05, 3.63) is 53.3 Å². The van der Waals surface area contributed by atoms with Crippen LogP contribution in [-0.4, -0.2) is 25.0 Å². The van der Waals surface area contributed by atoms with Crippen LogP contribution in [0, 0.1) is 6.92 Å². The Morgan fingerprint density at radius 2 is 1.95 bits per heavy atom. The van der Waals surface area contributed by atoms with E-state index >= 15 is 0 Å². The van der Waals surface area contributed by atoms with Gasteiger partial charge < -0.3 is 9.47 Å². The van der Waals surface area contributed by atoms with Crippen LogP contribution in [0.25, 0.3) is 0 Å². The fourth-order valence-electron chi connectivity index (χ4n) is 1.90. The van der Waals surface area contributed by atoms with E-state index in [-0.39, 0.29) is 5.78 Å². The van der Waals surface area contributed by atoms with Gasteiger partial charge in [-0.25, -0.2) is 0 Å². The summed E-state index contributed by atoms with van der Waals surface area (Å²) in [6, 6.07) is 7.03. The summed E-state index contributed by atoms with van der Waals surface area (Å²) in [6.45, 7) is 1.90. The van der Waals surface area contributed by atoms with Gasteiger partial charge in [-0.15, -0.1) is 0 Å². The summed E-state index contributed by atoms with van der Waals surface area (Å²) < 4.78 is 10.5. The fourth-order valence-corrected chi connectivity index (χ4v) is 1.90. The van der Waals surface area contributed by atoms with Crippen molar-refractivity contribution < 1.29 is 14.3 Å². The summed E-state index contributed by atoms with van der Waals surface area (Å²) in [5.74, 6) is 0.845. The lowest BCUT2D eigenvalue weighted by molar-refractivity contribution is 0.103. The maximum atomic E-state index is 12.5. The van der Waals surface area contributed by atoms with Gasteiger partial charge in [0, 0.05) is 18.0 Å². The maximum absolute atomic E-state index is 12.5. The molecule has 0 aliphatic carbocycles. The normalized spacial score (nSPS) is 10.1. The van der Waals surface area contributed by atoms with E-state index < -0.39 is 0 Å². The van der Waals surface area contributed by atoms with Crippen LogP contribution in [0.1, 0.15) is 21.5 Å². The highest BCUT2D eigenvalue weighted by Gasteiger charge is 2.18. The minimum atomic E-state index is -0.132. The van der Waals surface area contributed by atoms with Crippen LogP contribution in [0.5, 0.6) is 11.5 Å². The monoisotopic (exact) mass is 257 g/mol. The largest absolute Gasteiger partial charge is 0.493 e. The van der Waals surface area contributed by atoms with E-state index in [4.69, 9.17) is 9.47 Å².